The lowest BCUT2D eigenvalue weighted by atomic mass is 10.1. The fraction of sp³-hybridized carbons (Fsp3) is 0.200. The van der Waals surface area contributed by atoms with Gasteiger partial charge >= 0.3 is 11.8 Å². The van der Waals surface area contributed by atoms with Crippen molar-refractivity contribution in [3.05, 3.63) is 75.6 Å². The number of nitrogens with one attached hydrogen (secondary N) is 1. The second kappa shape index (κ2) is 7.75. The molecule has 0 aliphatic heterocycles. The summed E-state index contributed by atoms with van der Waals surface area (Å²) in [6.07, 6.45) is -4.47. The van der Waals surface area contributed by atoms with Crippen LogP contribution in [0.5, 0.6) is 5.75 Å². The van der Waals surface area contributed by atoms with Gasteiger partial charge < -0.3 is 14.5 Å². The Morgan fingerprint density at radius 3 is 2.64 bits per heavy atom. The molecular weight excluding hydrogens is 375 g/mol. The van der Waals surface area contributed by atoms with Crippen molar-refractivity contribution in [1.82, 2.24) is 5.32 Å². The molecule has 0 unspecified atom stereocenters. The van der Waals surface area contributed by atoms with Gasteiger partial charge in [0.15, 0.2) is 0 Å². The molecule has 3 aromatic rings. The van der Waals surface area contributed by atoms with E-state index in [1.54, 1.807) is 19.1 Å². The van der Waals surface area contributed by atoms with E-state index in [2.05, 4.69) is 5.32 Å². The van der Waals surface area contributed by atoms with E-state index in [0.29, 0.717) is 17.7 Å². The molecule has 0 aliphatic rings. The van der Waals surface area contributed by atoms with Gasteiger partial charge in [-0.25, -0.2) is 4.79 Å². The number of benzene rings is 2. The van der Waals surface area contributed by atoms with E-state index >= 15 is 0 Å². The lowest BCUT2D eigenvalue weighted by molar-refractivity contribution is -0.137. The van der Waals surface area contributed by atoms with E-state index < -0.39 is 23.3 Å². The average molecular weight is 391 g/mol. The lowest BCUT2D eigenvalue weighted by Crippen LogP contribution is -2.24. The molecule has 1 N–H and O–H groups in total. The Balaban J connectivity index is 1.85. The quantitative estimate of drug-likeness (QED) is 0.664. The molecule has 0 saturated heterocycles. The summed E-state index contributed by atoms with van der Waals surface area (Å²) in [7, 11) is 0. The Bertz CT molecular complexity index is 1070. The number of carbonyl (C=O) groups is 1. The van der Waals surface area contributed by atoms with Crippen LogP contribution in [0.4, 0.5) is 13.2 Å². The van der Waals surface area contributed by atoms with Crippen molar-refractivity contribution in [2.24, 2.45) is 0 Å². The molecule has 146 valence electrons. The number of hydrogen-bond donors (Lipinski definition) is 1. The molecule has 5 nitrogen and oxygen atoms in total. The molecule has 0 saturated carbocycles. The van der Waals surface area contributed by atoms with Crippen LogP contribution < -0.4 is 15.7 Å². The molecule has 1 aromatic heterocycles. The predicted molar refractivity (Wildman–Crippen MR) is 96.3 cm³/mol. The average Bonchev–Trinajstić information content (AvgIpc) is 2.65. The van der Waals surface area contributed by atoms with Gasteiger partial charge in [0.25, 0.3) is 5.91 Å². The van der Waals surface area contributed by atoms with Crippen molar-refractivity contribution in [1.29, 1.82) is 0 Å². The number of alkyl halides is 3. The maximum atomic E-state index is 12.8. The van der Waals surface area contributed by atoms with E-state index in [0.717, 1.165) is 18.2 Å². The molecule has 1 heterocycles. The van der Waals surface area contributed by atoms with Gasteiger partial charge in [-0.15, -0.1) is 0 Å². The second-order valence-electron chi connectivity index (χ2n) is 5.95. The summed E-state index contributed by atoms with van der Waals surface area (Å²) >= 11 is 0. The van der Waals surface area contributed by atoms with Crippen LogP contribution in [0, 0.1) is 0 Å². The Kier molecular flexibility index (Phi) is 5.39. The van der Waals surface area contributed by atoms with Gasteiger partial charge in [-0.2, -0.15) is 13.2 Å². The van der Waals surface area contributed by atoms with Crippen molar-refractivity contribution < 1.29 is 27.1 Å². The summed E-state index contributed by atoms with van der Waals surface area (Å²) in [5.41, 5.74) is -0.975. The van der Waals surface area contributed by atoms with Gasteiger partial charge in [0.1, 0.15) is 11.3 Å². The number of fused-ring (bicyclic) bond motifs is 1. The summed E-state index contributed by atoms with van der Waals surface area (Å²) in [5.74, 6) is -0.112. The Morgan fingerprint density at radius 2 is 1.93 bits per heavy atom. The van der Waals surface area contributed by atoms with E-state index in [1.807, 2.05) is 0 Å². The summed E-state index contributed by atoms with van der Waals surface area (Å²) in [4.78, 5) is 24.3. The molecular formula is C20H16F3NO4. The van der Waals surface area contributed by atoms with Crippen LogP contribution in [0.15, 0.2) is 57.7 Å². The van der Waals surface area contributed by atoms with Gasteiger partial charge in [-0.05, 0) is 36.8 Å². The maximum absolute atomic E-state index is 12.8. The van der Waals surface area contributed by atoms with Crippen molar-refractivity contribution in [2.75, 3.05) is 6.61 Å². The molecule has 3 rings (SSSR count). The molecule has 1 amide bonds. The second-order valence-corrected chi connectivity index (χ2v) is 5.95. The van der Waals surface area contributed by atoms with Gasteiger partial charge in [0.05, 0.1) is 17.7 Å². The third kappa shape index (κ3) is 4.33. The molecule has 0 radical (unpaired) electrons. The molecule has 2 aromatic carbocycles. The monoisotopic (exact) mass is 391 g/mol. The maximum Gasteiger partial charge on any atom is 0.416 e. The highest BCUT2D eigenvalue weighted by atomic mass is 19.4. The highest BCUT2D eigenvalue weighted by Crippen LogP contribution is 2.29. The van der Waals surface area contributed by atoms with Gasteiger partial charge in [0.2, 0.25) is 0 Å². The molecule has 0 fully saturated rings. The van der Waals surface area contributed by atoms with Crippen LogP contribution in [0.2, 0.25) is 0 Å². The summed E-state index contributed by atoms with van der Waals surface area (Å²) in [5, 5.41) is 2.93. The predicted octanol–water partition coefficient (Wildman–Crippen LogP) is 4.14. The largest absolute Gasteiger partial charge is 0.494 e. The minimum atomic E-state index is -4.47. The fourth-order valence-corrected chi connectivity index (χ4v) is 2.72. The normalized spacial score (nSPS) is 11.4. The first-order valence-electron chi connectivity index (χ1n) is 8.43. The zero-order valence-corrected chi connectivity index (χ0v) is 14.8. The summed E-state index contributed by atoms with van der Waals surface area (Å²) in [6.45, 7) is 2.10. The zero-order valence-electron chi connectivity index (χ0n) is 14.8. The molecule has 28 heavy (non-hydrogen) atoms. The SMILES string of the molecule is CCOc1ccc2c(C(=O)NCc3cccc(C(F)(F)F)c3)cc(=O)oc2c1. The summed E-state index contributed by atoms with van der Waals surface area (Å²) in [6, 6.07) is 10.4. The summed E-state index contributed by atoms with van der Waals surface area (Å²) < 4.78 is 48.8. The lowest BCUT2D eigenvalue weighted by Gasteiger charge is -2.11. The third-order valence-electron chi connectivity index (χ3n) is 3.98. The fourth-order valence-electron chi connectivity index (χ4n) is 2.72. The molecule has 8 heteroatoms. The number of ether oxygens (including phenoxy) is 1. The van der Waals surface area contributed by atoms with Crippen LogP contribution in [0.25, 0.3) is 11.0 Å². The number of halogens is 3. The molecule has 0 spiro atoms. The van der Waals surface area contributed by atoms with Gasteiger partial charge in [-0.3, -0.25) is 4.79 Å². The van der Waals surface area contributed by atoms with Crippen LogP contribution in [-0.4, -0.2) is 12.5 Å². The highest BCUT2D eigenvalue weighted by Gasteiger charge is 2.30. The Hall–Kier alpha value is -3.29. The van der Waals surface area contributed by atoms with Gasteiger partial charge in [-0.1, -0.05) is 12.1 Å². The Morgan fingerprint density at radius 1 is 1.14 bits per heavy atom. The minimum Gasteiger partial charge on any atom is -0.494 e. The highest BCUT2D eigenvalue weighted by molar-refractivity contribution is 6.05. The number of carbonyl (C=O) groups excluding carboxylic acids is 1. The van der Waals surface area contributed by atoms with Crippen molar-refractivity contribution in [2.45, 2.75) is 19.6 Å². The first-order chi connectivity index (χ1) is 13.3. The number of rotatable bonds is 5. The topological polar surface area (TPSA) is 68.5 Å². The van der Waals surface area contributed by atoms with E-state index in [4.69, 9.17) is 9.15 Å². The number of amides is 1. The van der Waals surface area contributed by atoms with Crippen LogP contribution in [-0.2, 0) is 12.7 Å². The minimum absolute atomic E-state index is 0.0706. The van der Waals surface area contributed by atoms with Crippen LogP contribution in [0.3, 0.4) is 0 Å². The molecule has 0 atom stereocenters. The van der Waals surface area contributed by atoms with E-state index in [-0.39, 0.29) is 23.3 Å². The van der Waals surface area contributed by atoms with E-state index in [9.17, 15) is 22.8 Å². The first-order valence-corrected chi connectivity index (χ1v) is 8.43. The number of hydrogen-bond acceptors (Lipinski definition) is 4. The molecule has 0 aliphatic carbocycles. The van der Waals surface area contributed by atoms with Crippen molar-refractivity contribution >= 4 is 16.9 Å². The zero-order chi connectivity index (χ0) is 20.3. The van der Waals surface area contributed by atoms with E-state index in [1.165, 1.54) is 18.2 Å². The smallest absolute Gasteiger partial charge is 0.416 e. The van der Waals surface area contributed by atoms with Gasteiger partial charge in [0, 0.05) is 24.1 Å². The van der Waals surface area contributed by atoms with Crippen molar-refractivity contribution in [3.8, 4) is 5.75 Å². The Labute approximate surface area is 157 Å². The third-order valence-corrected chi connectivity index (χ3v) is 3.98. The first kappa shape index (κ1) is 19.5. The molecule has 0 bridgehead atoms. The standard InChI is InChI=1S/C20H16F3NO4/c1-2-27-14-6-7-15-16(10-18(25)28-17(15)9-14)19(26)24-11-12-4-3-5-13(8-12)20(21,22)23/h3-10H,2,11H2,1H3,(H,24,26). The van der Waals surface area contributed by atoms with Crippen molar-refractivity contribution in [3.63, 3.8) is 0 Å². The van der Waals surface area contributed by atoms with Crippen LogP contribution >= 0.6 is 0 Å². The van der Waals surface area contributed by atoms with Crippen LogP contribution in [0.1, 0.15) is 28.4 Å².